The van der Waals surface area contributed by atoms with E-state index >= 15 is 0 Å². The molecule has 4 heteroatoms. The highest BCUT2D eigenvalue weighted by Gasteiger charge is 2.24. The van der Waals surface area contributed by atoms with Crippen molar-refractivity contribution in [3.8, 4) is 0 Å². The molecule has 1 N–H and O–H groups in total. The molecule has 3 atom stereocenters. The first-order valence-corrected chi connectivity index (χ1v) is 8.07. The van der Waals surface area contributed by atoms with Gasteiger partial charge in [-0.25, -0.2) is 0 Å². The van der Waals surface area contributed by atoms with E-state index in [0.29, 0.717) is 4.90 Å². The molecule has 0 amide bonds. The molecule has 2 rings (SSSR count). The Morgan fingerprint density at radius 2 is 1.63 bits per heavy atom. The fourth-order valence-electron chi connectivity index (χ4n) is 1.72. The molecule has 0 bridgehead atoms. The van der Waals surface area contributed by atoms with Gasteiger partial charge in [0.25, 0.3) is 0 Å². The number of benzene rings is 2. The van der Waals surface area contributed by atoms with Gasteiger partial charge in [-0.1, -0.05) is 64.0 Å². The van der Waals surface area contributed by atoms with Crippen molar-refractivity contribution in [1.29, 1.82) is 0 Å². The molecule has 0 aliphatic rings. The second-order valence-electron chi connectivity index (χ2n) is 4.32. The summed E-state index contributed by atoms with van der Waals surface area (Å²) in [6, 6.07) is 16.7. The van der Waals surface area contributed by atoms with Crippen LogP contribution in [0.15, 0.2) is 59.5 Å². The van der Waals surface area contributed by atoms with E-state index in [1.54, 1.807) is 0 Å². The van der Waals surface area contributed by atoms with Crippen LogP contribution in [0.25, 0.3) is 0 Å². The first-order chi connectivity index (χ1) is 9.09. The Bertz CT molecular complexity index is 554. The van der Waals surface area contributed by atoms with Gasteiger partial charge in [0.1, 0.15) is 10.3 Å². The molecule has 2 aromatic carbocycles. The average molecular weight is 339 g/mol. The first kappa shape index (κ1) is 14.4. The van der Waals surface area contributed by atoms with E-state index in [2.05, 4.69) is 15.9 Å². The second kappa shape index (κ2) is 6.46. The van der Waals surface area contributed by atoms with Crippen LogP contribution in [0.3, 0.4) is 0 Å². The number of halogens is 1. The molecule has 0 saturated heterocycles. The van der Waals surface area contributed by atoms with Gasteiger partial charge in [0.15, 0.2) is 0 Å². The van der Waals surface area contributed by atoms with Crippen molar-refractivity contribution >= 4 is 26.7 Å². The van der Waals surface area contributed by atoms with Crippen LogP contribution in [0, 0.1) is 6.92 Å². The molecular weight excluding hydrogens is 324 g/mol. The van der Waals surface area contributed by atoms with Gasteiger partial charge in [-0.3, -0.25) is 4.21 Å². The number of alkyl halides is 1. The summed E-state index contributed by atoms with van der Waals surface area (Å²) < 4.78 is 11.8. The van der Waals surface area contributed by atoms with E-state index in [4.69, 9.17) is 0 Å². The van der Waals surface area contributed by atoms with Crippen LogP contribution in [0.1, 0.15) is 17.2 Å². The summed E-state index contributed by atoms with van der Waals surface area (Å²) in [5, 5.41) is 10.2. The van der Waals surface area contributed by atoms with Gasteiger partial charge in [-0.15, -0.1) is 0 Å². The maximum absolute atomic E-state index is 12.4. The van der Waals surface area contributed by atoms with Crippen LogP contribution < -0.4 is 0 Å². The summed E-state index contributed by atoms with van der Waals surface area (Å²) in [5.74, 6) is 0. The lowest BCUT2D eigenvalue weighted by atomic mass is 10.1. The lowest BCUT2D eigenvalue weighted by Crippen LogP contribution is -2.17. The molecule has 0 heterocycles. The molecule has 100 valence electrons. The van der Waals surface area contributed by atoms with Crippen LogP contribution in [0.4, 0.5) is 0 Å². The summed E-state index contributed by atoms with van der Waals surface area (Å²) in [7, 11) is -1.30. The van der Waals surface area contributed by atoms with Gasteiger partial charge in [0.05, 0.1) is 10.8 Å². The number of rotatable bonds is 4. The number of aryl methyl sites for hydroxylation is 1. The monoisotopic (exact) mass is 338 g/mol. The molecule has 0 unspecified atom stereocenters. The lowest BCUT2D eigenvalue weighted by Gasteiger charge is -2.17. The van der Waals surface area contributed by atoms with Crippen molar-refractivity contribution in [3.63, 3.8) is 0 Å². The Hall–Kier alpha value is -0.970. The van der Waals surface area contributed by atoms with Crippen LogP contribution in [-0.4, -0.2) is 13.5 Å². The van der Waals surface area contributed by atoms with Gasteiger partial charge in [0, 0.05) is 4.90 Å². The molecule has 0 spiro atoms. The Balaban J connectivity index is 2.17. The standard InChI is InChI=1S/C15H15BrO2S/c1-11-7-9-13(10-8-11)19(18)15(16)14(17)12-5-3-2-4-6-12/h2-10,14-15,17H,1H3/t14-,15-,19+/m1/s1. The van der Waals surface area contributed by atoms with Gasteiger partial charge in [-0.2, -0.15) is 0 Å². The lowest BCUT2D eigenvalue weighted by molar-refractivity contribution is 0.196. The van der Waals surface area contributed by atoms with E-state index in [1.807, 2.05) is 61.5 Å². The number of aliphatic hydroxyl groups is 1. The number of aliphatic hydroxyl groups excluding tert-OH is 1. The van der Waals surface area contributed by atoms with Gasteiger partial charge in [0.2, 0.25) is 0 Å². The maximum Gasteiger partial charge on any atom is 0.124 e. The first-order valence-electron chi connectivity index (χ1n) is 5.94. The van der Waals surface area contributed by atoms with E-state index in [1.165, 1.54) is 0 Å². The van der Waals surface area contributed by atoms with E-state index in [-0.39, 0.29) is 0 Å². The predicted octanol–water partition coefficient (Wildman–Crippen LogP) is 3.56. The summed E-state index contributed by atoms with van der Waals surface area (Å²) in [5.41, 5.74) is 1.88. The molecule has 0 aliphatic carbocycles. The fraction of sp³-hybridized carbons (Fsp3) is 0.200. The average Bonchev–Trinajstić information content (AvgIpc) is 2.46. The van der Waals surface area contributed by atoms with Crippen LogP contribution in [0.5, 0.6) is 0 Å². The highest BCUT2D eigenvalue weighted by molar-refractivity contribution is 9.11. The minimum absolute atomic E-state index is 0.530. The zero-order valence-corrected chi connectivity index (χ0v) is 12.9. The maximum atomic E-state index is 12.4. The topological polar surface area (TPSA) is 37.3 Å². The predicted molar refractivity (Wildman–Crippen MR) is 81.7 cm³/mol. The van der Waals surface area contributed by atoms with Crippen molar-refractivity contribution in [2.24, 2.45) is 0 Å². The third kappa shape index (κ3) is 3.53. The quantitative estimate of drug-likeness (QED) is 0.865. The fourth-order valence-corrected chi connectivity index (χ4v) is 3.73. The van der Waals surface area contributed by atoms with Crippen molar-refractivity contribution < 1.29 is 9.32 Å². The van der Waals surface area contributed by atoms with Crippen molar-refractivity contribution in [3.05, 3.63) is 65.7 Å². The summed E-state index contributed by atoms with van der Waals surface area (Å²) >= 11 is 3.35. The Morgan fingerprint density at radius 1 is 1.05 bits per heavy atom. The SMILES string of the molecule is Cc1ccc([S@](=O)[C@@H](Br)[C@H](O)c2ccccc2)cc1. The van der Waals surface area contributed by atoms with Gasteiger partial charge in [-0.05, 0) is 24.6 Å². The van der Waals surface area contributed by atoms with Crippen molar-refractivity contribution in [2.45, 2.75) is 22.1 Å². The molecule has 0 saturated carbocycles. The number of hydrogen-bond acceptors (Lipinski definition) is 2. The molecule has 0 aromatic heterocycles. The van der Waals surface area contributed by atoms with Crippen LogP contribution in [-0.2, 0) is 10.8 Å². The third-order valence-corrected chi connectivity index (χ3v) is 5.77. The Kier molecular flexibility index (Phi) is 4.91. The molecule has 19 heavy (non-hydrogen) atoms. The minimum Gasteiger partial charge on any atom is -0.386 e. The largest absolute Gasteiger partial charge is 0.386 e. The Labute approximate surface area is 124 Å². The summed E-state index contributed by atoms with van der Waals surface area (Å²) in [6.07, 6.45) is -0.802. The summed E-state index contributed by atoms with van der Waals surface area (Å²) in [4.78, 5) is 0.711. The normalized spacial score (nSPS) is 15.7. The highest BCUT2D eigenvalue weighted by atomic mass is 79.9. The number of hydrogen-bond donors (Lipinski definition) is 1. The van der Waals surface area contributed by atoms with E-state index < -0.39 is 21.1 Å². The van der Waals surface area contributed by atoms with E-state index in [9.17, 15) is 9.32 Å². The van der Waals surface area contributed by atoms with Gasteiger partial charge < -0.3 is 5.11 Å². The highest BCUT2D eigenvalue weighted by Crippen LogP contribution is 2.28. The minimum atomic E-state index is -1.30. The molecule has 0 fully saturated rings. The molecule has 2 aromatic rings. The molecule has 0 radical (unpaired) electrons. The van der Waals surface area contributed by atoms with Crippen molar-refractivity contribution in [1.82, 2.24) is 0 Å². The zero-order chi connectivity index (χ0) is 13.8. The van der Waals surface area contributed by atoms with Crippen LogP contribution >= 0.6 is 15.9 Å². The van der Waals surface area contributed by atoms with Crippen LogP contribution in [0.2, 0.25) is 0 Å². The Morgan fingerprint density at radius 3 is 2.21 bits per heavy atom. The summed E-state index contributed by atoms with van der Waals surface area (Å²) in [6.45, 7) is 1.98. The molecule has 0 aliphatic heterocycles. The second-order valence-corrected chi connectivity index (χ2v) is 7.48. The van der Waals surface area contributed by atoms with Gasteiger partial charge >= 0.3 is 0 Å². The molecule has 2 nitrogen and oxygen atoms in total. The smallest absolute Gasteiger partial charge is 0.124 e. The molecular formula is C15H15BrO2S. The third-order valence-electron chi connectivity index (χ3n) is 2.85. The van der Waals surface area contributed by atoms with E-state index in [0.717, 1.165) is 11.1 Å². The van der Waals surface area contributed by atoms with Crippen molar-refractivity contribution in [2.75, 3.05) is 0 Å². The zero-order valence-electron chi connectivity index (χ0n) is 10.5.